The van der Waals surface area contributed by atoms with Crippen LogP contribution in [0.25, 0.3) is 43.8 Å². The Morgan fingerprint density at radius 3 is 2.33 bits per heavy atom. The van der Waals surface area contributed by atoms with Gasteiger partial charge < -0.3 is 9.64 Å². The smallest absolute Gasteiger partial charge is 0.135 e. The van der Waals surface area contributed by atoms with E-state index in [1.54, 1.807) is 0 Å². The highest BCUT2D eigenvalue weighted by Crippen LogP contribution is 2.57. The average molecular weight is 588 g/mol. The van der Waals surface area contributed by atoms with Crippen LogP contribution in [-0.4, -0.2) is 0 Å². The summed E-state index contributed by atoms with van der Waals surface area (Å²) in [6.07, 6.45) is 6.97. The van der Waals surface area contributed by atoms with Crippen LogP contribution in [0.15, 0.2) is 170 Å². The summed E-state index contributed by atoms with van der Waals surface area (Å²) in [4.78, 5) is 2.47. The third kappa shape index (κ3) is 3.64. The normalized spacial score (nSPS) is 17.3. The van der Waals surface area contributed by atoms with Gasteiger partial charge in [-0.05, 0) is 80.4 Å². The van der Waals surface area contributed by atoms with Gasteiger partial charge in [0, 0.05) is 34.2 Å². The van der Waals surface area contributed by atoms with E-state index in [0.717, 1.165) is 17.1 Å². The van der Waals surface area contributed by atoms with Gasteiger partial charge in [-0.2, -0.15) is 0 Å². The van der Waals surface area contributed by atoms with Crippen molar-refractivity contribution in [3.05, 3.63) is 181 Å². The summed E-state index contributed by atoms with van der Waals surface area (Å²) in [7, 11) is 0. The Morgan fingerprint density at radius 2 is 1.37 bits per heavy atom. The molecule has 7 aromatic rings. The number of hydrogen-bond donors (Lipinski definition) is 0. The summed E-state index contributed by atoms with van der Waals surface area (Å²) in [5, 5.41) is 5.01. The minimum atomic E-state index is 0.188. The first kappa shape index (κ1) is 25.5. The molecule has 2 aliphatic heterocycles. The number of fused-ring (bicyclic) bond motifs is 7. The van der Waals surface area contributed by atoms with Gasteiger partial charge in [0.15, 0.2) is 0 Å². The number of anilines is 2. The van der Waals surface area contributed by atoms with Gasteiger partial charge in [0.05, 0.1) is 5.69 Å². The Balaban J connectivity index is 1.13. The van der Waals surface area contributed by atoms with Crippen LogP contribution in [-0.2, 0) is 0 Å². The lowest BCUT2D eigenvalue weighted by molar-refractivity contribution is 0.487. The molecule has 1 aliphatic carbocycles. The second-order valence-electron chi connectivity index (χ2n) is 12.4. The third-order valence-corrected chi connectivity index (χ3v) is 10.0. The van der Waals surface area contributed by atoms with Gasteiger partial charge in [0.2, 0.25) is 0 Å². The highest BCUT2D eigenvalue weighted by Gasteiger charge is 2.41. The molecular formula is C44H29NO. The number of rotatable bonds is 3. The maximum atomic E-state index is 6.40. The standard InChI is InChI=1S/C44H29NO/c1-2-14-31(15-3-1)45-38-21-10-18-34(44(38)43-33-16-5-4-11-28(33)23-25-39(43)45)30-13-8-12-29(27-30)32-24-26-41-42-36(32)19-9-20-37(42)35-17-6-7-22-40(35)46-41/h1-27,34,44H. The van der Waals surface area contributed by atoms with E-state index in [2.05, 4.69) is 163 Å². The van der Waals surface area contributed by atoms with Crippen LogP contribution in [0.5, 0.6) is 11.5 Å². The molecule has 216 valence electrons. The summed E-state index contributed by atoms with van der Waals surface area (Å²) < 4.78 is 6.40. The topological polar surface area (TPSA) is 12.5 Å². The predicted octanol–water partition coefficient (Wildman–Crippen LogP) is 11.9. The van der Waals surface area contributed by atoms with Crippen molar-refractivity contribution in [2.75, 3.05) is 4.90 Å². The van der Waals surface area contributed by atoms with Crippen LogP contribution in [0.4, 0.5) is 11.4 Å². The fourth-order valence-corrected chi connectivity index (χ4v) is 8.07. The van der Waals surface area contributed by atoms with Crippen molar-refractivity contribution < 1.29 is 4.74 Å². The minimum Gasteiger partial charge on any atom is -0.456 e. The van der Waals surface area contributed by atoms with Crippen LogP contribution in [0.3, 0.4) is 0 Å². The molecule has 0 spiro atoms. The van der Waals surface area contributed by atoms with Gasteiger partial charge in [-0.25, -0.2) is 0 Å². The molecule has 0 N–H and O–H groups in total. The van der Waals surface area contributed by atoms with Crippen molar-refractivity contribution >= 4 is 32.9 Å². The molecule has 0 radical (unpaired) electrons. The van der Waals surface area contributed by atoms with Gasteiger partial charge >= 0.3 is 0 Å². The Labute approximate surface area is 268 Å². The van der Waals surface area contributed by atoms with Crippen LogP contribution in [0.1, 0.15) is 23.0 Å². The number of ether oxygens (including phenoxy) is 1. The zero-order chi connectivity index (χ0) is 30.2. The third-order valence-electron chi connectivity index (χ3n) is 10.0. The molecule has 2 heterocycles. The first-order chi connectivity index (χ1) is 22.8. The predicted molar refractivity (Wildman–Crippen MR) is 190 cm³/mol. The number of nitrogens with zero attached hydrogens (tertiary/aromatic N) is 1. The molecule has 0 bridgehead atoms. The molecule has 0 aromatic heterocycles. The highest BCUT2D eigenvalue weighted by molar-refractivity contribution is 6.10. The monoisotopic (exact) mass is 587 g/mol. The summed E-state index contributed by atoms with van der Waals surface area (Å²) >= 11 is 0. The fourth-order valence-electron chi connectivity index (χ4n) is 8.07. The van der Waals surface area contributed by atoms with E-state index >= 15 is 0 Å². The quantitative estimate of drug-likeness (QED) is 0.204. The lowest BCUT2D eigenvalue weighted by Gasteiger charge is -2.29. The van der Waals surface area contributed by atoms with E-state index in [1.807, 2.05) is 6.07 Å². The average Bonchev–Trinajstić information content (AvgIpc) is 3.47. The number of allylic oxidation sites excluding steroid dienone is 4. The number of benzene rings is 7. The molecule has 7 aromatic carbocycles. The van der Waals surface area contributed by atoms with Crippen LogP contribution in [0.2, 0.25) is 0 Å². The summed E-state index contributed by atoms with van der Waals surface area (Å²) in [5.74, 6) is 2.22. The summed E-state index contributed by atoms with van der Waals surface area (Å²) in [6, 6.07) is 52.7. The Bertz CT molecular complexity index is 2420. The molecular weight excluding hydrogens is 558 g/mol. The molecule has 2 heteroatoms. The second-order valence-corrected chi connectivity index (χ2v) is 12.4. The Kier molecular flexibility index (Phi) is 5.44. The van der Waals surface area contributed by atoms with E-state index in [4.69, 9.17) is 4.74 Å². The maximum absolute atomic E-state index is 6.40. The van der Waals surface area contributed by atoms with Crippen molar-refractivity contribution in [1.82, 2.24) is 0 Å². The zero-order valence-corrected chi connectivity index (χ0v) is 25.1. The van der Waals surface area contributed by atoms with Crippen LogP contribution in [0, 0.1) is 0 Å². The van der Waals surface area contributed by atoms with E-state index in [0.29, 0.717) is 0 Å². The molecule has 0 fully saturated rings. The first-order valence-corrected chi connectivity index (χ1v) is 16.0. The molecule has 2 unspecified atom stereocenters. The number of hydrogen-bond acceptors (Lipinski definition) is 2. The van der Waals surface area contributed by atoms with Crippen molar-refractivity contribution in [3.8, 4) is 33.8 Å². The molecule has 46 heavy (non-hydrogen) atoms. The first-order valence-electron chi connectivity index (χ1n) is 16.0. The van der Waals surface area contributed by atoms with E-state index in [1.165, 1.54) is 66.4 Å². The summed E-state index contributed by atoms with van der Waals surface area (Å²) in [6.45, 7) is 0. The lowest BCUT2D eigenvalue weighted by Crippen LogP contribution is -2.18. The van der Waals surface area contributed by atoms with Gasteiger partial charge in [0.1, 0.15) is 11.5 Å². The van der Waals surface area contributed by atoms with E-state index in [9.17, 15) is 0 Å². The highest BCUT2D eigenvalue weighted by atomic mass is 16.5. The second kappa shape index (κ2) is 9.82. The SMILES string of the molecule is C1=CC(c2cccc(-c3ccc4c5c(cccc35)-c3ccccc3O4)c2)C2C(=C1)N(c1ccccc1)c1ccc3ccccc3c12. The zero-order valence-electron chi connectivity index (χ0n) is 25.1. The molecule has 0 saturated heterocycles. The number of para-hydroxylation sites is 2. The Morgan fingerprint density at radius 1 is 0.565 bits per heavy atom. The van der Waals surface area contributed by atoms with Crippen molar-refractivity contribution in [2.45, 2.75) is 11.8 Å². The minimum absolute atomic E-state index is 0.188. The molecule has 3 aliphatic rings. The molecule has 2 nitrogen and oxygen atoms in total. The maximum Gasteiger partial charge on any atom is 0.135 e. The van der Waals surface area contributed by atoms with Crippen molar-refractivity contribution in [1.29, 1.82) is 0 Å². The van der Waals surface area contributed by atoms with Gasteiger partial charge in [0.25, 0.3) is 0 Å². The van der Waals surface area contributed by atoms with Gasteiger partial charge in [-0.15, -0.1) is 0 Å². The van der Waals surface area contributed by atoms with Gasteiger partial charge in [-0.1, -0.05) is 127 Å². The molecule has 2 atom stereocenters. The van der Waals surface area contributed by atoms with Crippen LogP contribution < -0.4 is 9.64 Å². The van der Waals surface area contributed by atoms with Crippen molar-refractivity contribution in [2.24, 2.45) is 0 Å². The van der Waals surface area contributed by atoms with Crippen molar-refractivity contribution in [3.63, 3.8) is 0 Å². The largest absolute Gasteiger partial charge is 0.456 e. The molecule has 0 saturated carbocycles. The lowest BCUT2D eigenvalue weighted by atomic mass is 9.76. The van der Waals surface area contributed by atoms with Crippen LogP contribution >= 0.6 is 0 Å². The summed E-state index contributed by atoms with van der Waals surface area (Å²) in [5.41, 5.74) is 11.3. The Hall–Kier alpha value is -5.86. The fraction of sp³-hybridized carbons (Fsp3) is 0.0455. The van der Waals surface area contributed by atoms with Gasteiger partial charge in [-0.3, -0.25) is 0 Å². The van der Waals surface area contributed by atoms with E-state index in [-0.39, 0.29) is 11.8 Å². The molecule has 10 rings (SSSR count). The molecule has 0 amide bonds. The van der Waals surface area contributed by atoms with E-state index < -0.39 is 0 Å².